The van der Waals surface area contributed by atoms with Gasteiger partial charge >= 0.3 is 0 Å². The lowest BCUT2D eigenvalue weighted by atomic mass is 9.96. The molecule has 0 bridgehead atoms. The van der Waals surface area contributed by atoms with Gasteiger partial charge in [0.1, 0.15) is 12.2 Å². The van der Waals surface area contributed by atoms with Crippen LogP contribution in [0.3, 0.4) is 0 Å². The predicted molar refractivity (Wildman–Crippen MR) is 34.6 cm³/mol. The highest BCUT2D eigenvalue weighted by atomic mass is 16.5. The second-order valence-electron chi connectivity index (χ2n) is 2.85. The molecular formula is C6H10N2O2. The molecule has 0 atom stereocenters. The maximum atomic E-state index is 10.6. The molecule has 0 unspecified atom stereocenters. The van der Waals surface area contributed by atoms with Gasteiger partial charge in [-0.2, -0.15) is 0 Å². The summed E-state index contributed by atoms with van der Waals surface area (Å²) in [6.07, 6.45) is 0. The SMILES string of the molecule is O=C1COC2(CNC2)CN1. The third-order valence-electron chi connectivity index (χ3n) is 2.01. The minimum atomic E-state index is -0.0616. The minimum absolute atomic E-state index is 0.00229. The number of morpholine rings is 1. The highest BCUT2D eigenvalue weighted by Gasteiger charge is 2.41. The van der Waals surface area contributed by atoms with Gasteiger partial charge in [-0.15, -0.1) is 0 Å². The largest absolute Gasteiger partial charge is 0.361 e. The number of rotatable bonds is 0. The summed E-state index contributed by atoms with van der Waals surface area (Å²) in [5.41, 5.74) is -0.0616. The fourth-order valence-electron chi connectivity index (χ4n) is 1.21. The maximum absolute atomic E-state index is 10.6. The smallest absolute Gasteiger partial charge is 0.246 e. The van der Waals surface area contributed by atoms with Crippen molar-refractivity contribution in [2.24, 2.45) is 0 Å². The van der Waals surface area contributed by atoms with Gasteiger partial charge in [0, 0.05) is 19.6 Å². The summed E-state index contributed by atoms with van der Waals surface area (Å²) in [4.78, 5) is 10.6. The molecule has 2 heterocycles. The zero-order valence-electron chi connectivity index (χ0n) is 5.64. The number of amides is 1. The molecule has 2 saturated heterocycles. The molecule has 4 heteroatoms. The third-order valence-corrected chi connectivity index (χ3v) is 2.01. The van der Waals surface area contributed by atoms with Gasteiger partial charge in [0.25, 0.3) is 0 Å². The summed E-state index contributed by atoms with van der Waals surface area (Å²) in [6, 6.07) is 0. The molecule has 0 aromatic carbocycles. The van der Waals surface area contributed by atoms with Gasteiger partial charge in [-0.05, 0) is 0 Å². The van der Waals surface area contributed by atoms with Crippen molar-refractivity contribution in [2.75, 3.05) is 26.2 Å². The van der Waals surface area contributed by atoms with Crippen molar-refractivity contribution >= 4 is 5.91 Å². The highest BCUT2D eigenvalue weighted by Crippen LogP contribution is 2.17. The number of hydrogen-bond donors (Lipinski definition) is 2. The Hall–Kier alpha value is -0.610. The Kier molecular flexibility index (Phi) is 1.18. The van der Waals surface area contributed by atoms with E-state index in [4.69, 9.17) is 4.74 Å². The summed E-state index contributed by atoms with van der Waals surface area (Å²) in [7, 11) is 0. The van der Waals surface area contributed by atoms with Crippen LogP contribution in [0.2, 0.25) is 0 Å². The maximum Gasteiger partial charge on any atom is 0.246 e. The standard InChI is InChI=1S/C6H10N2O2/c9-5-1-10-6(4-8-5)2-7-3-6/h7H,1-4H2,(H,8,9). The van der Waals surface area contributed by atoms with Crippen LogP contribution in [0, 0.1) is 0 Å². The molecule has 10 heavy (non-hydrogen) atoms. The van der Waals surface area contributed by atoms with Crippen LogP contribution in [-0.4, -0.2) is 37.7 Å². The van der Waals surface area contributed by atoms with E-state index in [1.165, 1.54) is 0 Å². The number of hydrogen-bond acceptors (Lipinski definition) is 3. The first-order chi connectivity index (χ1) is 4.81. The van der Waals surface area contributed by atoms with Crippen LogP contribution >= 0.6 is 0 Å². The molecule has 1 spiro atoms. The Balaban J connectivity index is 1.96. The fraction of sp³-hybridized carbons (Fsp3) is 0.833. The number of carbonyl (C=O) groups is 1. The van der Waals surface area contributed by atoms with Gasteiger partial charge in [-0.25, -0.2) is 0 Å². The van der Waals surface area contributed by atoms with E-state index in [0.717, 1.165) is 13.1 Å². The third kappa shape index (κ3) is 0.803. The topological polar surface area (TPSA) is 50.4 Å². The molecule has 2 aliphatic rings. The molecule has 0 aromatic heterocycles. The summed E-state index contributed by atoms with van der Waals surface area (Å²) < 4.78 is 5.34. The van der Waals surface area contributed by atoms with Crippen LogP contribution < -0.4 is 10.6 Å². The molecule has 1 amide bonds. The average Bonchev–Trinajstić information content (AvgIpc) is 1.86. The molecule has 0 aliphatic carbocycles. The van der Waals surface area contributed by atoms with E-state index in [1.54, 1.807) is 0 Å². The second-order valence-corrected chi connectivity index (χ2v) is 2.85. The summed E-state index contributed by atoms with van der Waals surface area (Å²) >= 11 is 0. The van der Waals surface area contributed by atoms with Crippen molar-refractivity contribution < 1.29 is 9.53 Å². The number of nitrogens with one attached hydrogen (secondary N) is 2. The van der Waals surface area contributed by atoms with Crippen molar-refractivity contribution in [3.63, 3.8) is 0 Å². The molecular weight excluding hydrogens is 132 g/mol. The first-order valence-electron chi connectivity index (χ1n) is 3.42. The summed E-state index contributed by atoms with van der Waals surface area (Å²) in [5.74, 6) is -0.00229. The van der Waals surface area contributed by atoms with E-state index in [9.17, 15) is 4.79 Å². The molecule has 2 fully saturated rings. The van der Waals surface area contributed by atoms with Crippen LogP contribution in [0.25, 0.3) is 0 Å². The Morgan fingerprint density at radius 1 is 1.40 bits per heavy atom. The quantitative estimate of drug-likeness (QED) is 0.431. The zero-order valence-corrected chi connectivity index (χ0v) is 5.64. The molecule has 56 valence electrons. The number of ether oxygens (including phenoxy) is 1. The lowest BCUT2D eigenvalue weighted by Crippen LogP contribution is -2.69. The van der Waals surface area contributed by atoms with Crippen LogP contribution in [0.1, 0.15) is 0 Å². The molecule has 2 rings (SSSR count). The van der Waals surface area contributed by atoms with Crippen molar-refractivity contribution in [1.29, 1.82) is 0 Å². The Morgan fingerprint density at radius 2 is 2.20 bits per heavy atom. The lowest BCUT2D eigenvalue weighted by molar-refractivity contribution is -0.150. The lowest BCUT2D eigenvalue weighted by Gasteiger charge is -2.44. The van der Waals surface area contributed by atoms with Gasteiger partial charge < -0.3 is 15.4 Å². The van der Waals surface area contributed by atoms with Crippen molar-refractivity contribution in [3.8, 4) is 0 Å². The van der Waals surface area contributed by atoms with Crippen LogP contribution in [0.15, 0.2) is 0 Å². The van der Waals surface area contributed by atoms with E-state index < -0.39 is 0 Å². The molecule has 2 aliphatic heterocycles. The van der Waals surface area contributed by atoms with Crippen molar-refractivity contribution in [1.82, 2.24) is 10.6 Å². The Bertz CT molecular complexity index is 153. The second kappa shape index (κ2) is 1.93. The van der Waals surface area contributed by atoms with Crippen molar-refractivity contribution in [2.45, 2.75) is 5.60 Å². The van der Waals surface area contributed by atoms with E-state index in [-0.39, 0.29) is 18.1 Å². The minimum Gasteiger partial charge on any atom is -0.361 e. The Labute approximate surface area is 58.9 Å². The highest BCUT2D eigenvalue weighted by molar-refractivity contribution is 5.78. The molecule has 0 aromatic rings. The first-order valence-corrected chi connectivity index (χ1v) is 3.42. The van der Waals surface area contributed by atoms with E-state index in [0.29, 0.717) is 6.54 Å². The van der Waals surface area contributed by atoms with Crippen LogP contribution in [-0.2, 0) is 9.53 Å². The van der Waals surface area contributed by atoms with Crippen LogP contribution in [0.5, 0.6) is 0 Å². The molecule has 4 nitrogen and oxygen atoms in total. The predicted octanol–water partition coefficient (Wildman–Crippen LogP) is -1.53. The molecule has 0 saturated carbocycles. The van der Waals surface area contributed by atoms with Crippen LogP contribution in [0.4, 0.5) is 0 Å². The van der Waals surface area contributed by atoms with E-state index >= 15 is 0 Å². The van der Waals surface area contributed by atoms with Gasteiger partial charge in [-0.3, -0.25) is 4.79 Å². The van der Waals surface area contributed by atoms with Gasteiger partial charge in [-0.1, -0.05) is 0 Å². The van der Waals surface area contributed by atoms with Gasteiger partial charge in [0.05, 0.1) is 0 Å². The van der Waals surface area contributed by atoms with E-state index in [2.05, 4.69) is 10.6 Å². The summed E-state index contributed by atoms with van der Waals surface area (Å²) in [5, 5.41) is 5.88. The monoisotopic (exact) mass is 142 g/mol. The molecule has 0 radical (unpaired) electrons. The van der Waals surface area contributed by atoms with Gasteiger partial charge in [0.15, 0.2) is 0 Å². The van der Waals surface area contributed by atoms with Gasteiger partial charge in [0.2, 0.25) is 5.91 Å². The number of carbonyl (C=O) groups excluding carboxylic acids is 1. The average molecular weight is 142 g/mol. The van der Waals surface area contributed by atoms with E-state index in [1.807, 2.05) is 0 Å². The zero-order chi connectivity index (χ0) is 7.03. The normalized spacial score (nSPS) is 29.4. The molecule has 2 N–H and O–H groups in total. The Morgan fingerprint density at radius 3 is 2.60 bits per heavy atom. The van der Waals surface area contributed by atoms with Crippen molar-refractivity contribution in [3.05, 3.63) is 0 Å². The summed E-state index contributed by atoms with van der Waals surface area (Å²) in [6.45, 7) is 2.63. The first kappa shape index (κ1) is 6.12. The fourth-order valence-corrected chi connectivity index (χ4v) is 1.21.